The summed E-state index contributed by atoms with van der Waals surface area (Å²) in [5.41, 5.74) is 1.08. The van der Waals surface area contributed by atoms with Crippen molar-refractivity contribution in [3.63, 3.8) is 0 Å². The topological polar surface area (TPSA) is 26.3 Å². The molecule has 0 bridgehead atoms. The van der Waals surface area contributed by atoms with Crippen LogP contribution in [-0.4, -0.2) is 22.4 Å². The van der Waals surface area contributed by atoms with Crippen LogP contribution in [0.3, 0.4) is 0 Å². The van der Waals surface area contributed by atoms with E-state index in [4.69, 9.17) is 16.3 Å². The van der Waals surface area contributed by atoms with Crippen LogP contribution in [0.25, 0.3) is 0 Å². The zero-order valence-corrected chi connectivity index (χ0v) is 10.6. The van der Waals surface area contributed by atoms with E-state index in [9.17, 15) is 4.21 Å². The van der Waals surface area contributed by atoms with Crippen LogP contribution in [0, 0.1) is 0 Å². The molecule has 0 aliphatic carbocycles. The van der Waals surface area contributed by atoms with Crippen molar-refractivity contribution in [1.29, 1.82) is 0 Å². The SMILES string of the molecule is O=S(CCCCl)C1CCOc2ccccc21. The molecule has 1 aromatic rings. The molecule has 2 atom stereocenters. The summed E-state index contributed by atoms with van der Waals surface area (Å²) >= 11 is 5.63. The normalized spacial score (nSPS) is 20.9. The van der Waals surface area contributed by atoms with Gasteiger partial charge in [-0.1, -0.05) is 18.2 Å². The molecule has 0 saturated heterocycles. The van der Waals surface area contributed by atoms with Gasteiger partial charge in [-0.05, 0) is 18.9 Å². The quantitative estimate of drug-likeness (QED) is 0.777. The van der Waals surface area contributed by atoms with Crippen molar-refractivity contribution in [3.05, 3.63) is 29.8 Å². The van der Waals surface area contributed by atoms with Crippen LogP contribution >= 0.6 is 11.6 Å². The molecular weight excluding hydrogens is 244 g/mol. The Morgan fingerprint density at radius 1 is 1.44 bits per heavy atom. The van der Waals surface area contributed by atoms with Crippen LogP contribution in [0.1, 0.15) is 23.7 Å². The van der Waals surface area contributed by atoms with Gasteiger partial charge in [-0.25, -0.2) is 0 Å². The van der Waals surface area contributed by atoms with E-state index >= 15 is 0 Å². The van der Waals surface area contributed by atoms with E-state index in [1.807, 2.05) is 24.3 Å². The van der Waals surface area contributed by atoms with Crippen LogP contribution < -0.4 is 4.74 Å². The van der Waals surface area contributed by atoms with Crippen LogP contribution in [0.5, 0.6) is 5.75 Å². The van der Waals surface area contributed by atoms with Crippen molar-refractivity contribution in [2.75, 3.05) is 18.2 Å². The molecule has 0 N–H and O–H groups in total. The summed E-state index contributed by atoms with van der Waals surface area (Å²) in [4.78, 5) is 0. The second kappa shape index (κ2) is 5.69. The van der Waals surface area contributed by atoms with Gasteiger partial charge in [0.1, 0.15) is 5.75 Å². The molecule has 1 aliphatic rings. The fourth-order valence-electron chi connectivity index (χ4n) is 1.92. The standard InChI is InChI=1S/C12H15ClO2S/c13-7-3-9-16(14)12-6-8-15-11-5-2-1-4-10(11)12/h1-2,4-5,12H,3,6-9H2. The molecule has 0 saturated carbocycles. The van der Waals surface area contributed by atoms with Crippen LogP contribution in [0.4, 0.5) is 0 Å². The molecular formula is C12H15ClO2S. The maximum Gasteiger partial charge on any atom is 0.123 e. The molecule has 0 spiro atoms. The van der Waals surface area contributed by atoms with Crippen molar-refractivity contribution in [2.24, 2.45) is 0 Å². The Balaban J connectivity index is 2.15. The van der Waals surface area contributed by atoms with E-state index in [0.29, 0.717) is 18.2 Å². The minimum absolute atomic E-state index is 0.119. The Hall–Kier alpha value is -0.540. The number of benzene rings is 1. The Morgan fingerprint density at radius 3 is 3.06 bits per heavy atom. The van der Waals surface area contributed by atoms with Crippen molar-refractivity contribution < 1.29 is 8.95 Å². The van der Waals surface area contributed by atoms with Crippen LogP contribution in [0.2, 0.25) is 0 Å². The molecule has 1 aliphatic heterocycles. The number of para-hydroxylation sites is 1. The highest BCUT2D eigenvalue weighted by Gasteiger charge is 2.25. The lowest BCUT2D eigenvalue weighted by atomic mass is 10.1. The highest BCUT2D eigenvalue weighted by molar-refractivity contribution is 7.85. The number of ether oxygens (including phenoxy) is 1. The maximum atomic E-state index is 12.1. The molecule has 16 heavy (non-hydrogen) atoms. The largest absolute Gasteiger partial charge is 0.493 e. The summed E-state index contributed by atoms with van der Waals surface area (Å²) in [5.74, 6) is 2.15. The monoisotopic (exact) mass is 258 g/mol. The minimum atomic E-state index is -0.832. The Kier molecular flexibility index (Phi) is 4.24. The predicted molar refractivity (Wildman–Crippen MR) is 67.6 cm³/mol. The third-order valence-electron chi connectivity index (χ3n) is 2.70. The second-order valence-corrected chi connectivity index (χ2v) is 5.91. The van der Waals surface area contributed by atoms with Gasteiger partial charge in [0.25, 0.3) is 0 Å². The first kappa shape index (κ1) is 11.9. The van der Waals surface area contributed by atoms with Crippen LogP contribution in [0.15, 0.2) is 24.3 Å². The van der Waals surface area contributed by atoms with Gasteiger partial charge in [0.2, 0.25) is 0 Å². The first-order valence-electron chi connectivity index (χ1n) is 5.48. The number of hydrogen-bond donors (Lipinski definition) is 0. The summed E-state index contributed by atoms with van der Waals surface area (Å²) in [5, 5.41) is 0.119. The molecule has 0 amide bonds. The van der Waals surface area contributed by atoms with Crippen molar-refractivity contribution >= 4 is 22.4 Å². The number of hydrogen-bond acceptors (Lipinski definition) is 2. The molecule has 2 nitrogen and oxygen atoms in total. The van der Waals surface area contributed by atoms with Gasteiger partial charge in [0.05, 0.1) is 11.9 Å². The molecule has 2 unspecified atom stereocenters. The maximum absolute atomic E-state index is 12.1. The lowest BCUT2D eigenvalue weighted by Crippen LogP contribution is -2.19. The average Bonchev–Trinajstić information content (AvgIpc) is 2.35. The molecule has 2 rings (SSSR count). The Bertz CT molecular complexity index is 381. The third-order valence-corrected chi connectivity index (χ3v) is 4.78. The van der Waals surface area contributed by atoms with Crippen molar-refractivity contribution in [2.45, 2.75) is 18.1 Å². The van der Waals surface area contributed by atoms with E-state index in [1.165, 1.54) is 0 Å². The molecule has 0 aromatic heterocycles. The average molecular weight is 259 g/mol. The summed E-state index contributed by atoms with van der Waals surface area (Å²) in [6.45, 7) is 0.661. The van der Waals surface area contributed by atoms with Gasteiger partial charge in [0.15, 0.2) is 0 Å². The van der Waals surface area contributed by atoms with E-state index in [1.54, 1.807) is 0 Å². The highest BCUT2D eigenvalue weighted by atomic mass is 35.5. The molecule has 4 heteroatoms. The molecule has 0 radical (unpaired) electrons. The summed E-state index contributed by atoms with van der Waals surface area (Å²) < 4.78 is 17.7. The smallest absolute Gasteiger partial charge is 0.123 e. The molecule has 1 aromatic carbocycles. The number of alkyl halides is 1. The minimum Gasteiger partial charge on any atom is -0.493 e. The first-order valence-corrected chi connectivity index (χ1v) is 7.39. The lowest BCUT2D eigenvalue weighted by Gasteiger charge is -2.25. The number of fused-ring (bicyclic) bond motifs is 1. The zero-order valence-electron chi connectivity index (χ0n) is 9.02. The summed E-state index contributed by atoms with van der Waals surface area (Å²) in [6, 6.07) is 7.88. The van der Waals surface area contributed by atoms with Gasteiger partial charge >= 0.3 is 0 Å². The summed E-state index contributed by atoms with van der Waals surface area (Å²) in [7, 11) is -0.832. The molecule has 1 heterocycles. The van der Waals surface area contributed by atoms with Gasteiger partial charge < -0.3 is 4.74 Å². The van der Waals surface area contributed by atoms with E-state index in [-0.39, 0.29) is 5.25 Å². The lowest BCUT2D eigenvalue weighted by molar-refractivity contribution is 0.285. The fraction of sp³-hybridized carbons (Fsp3) is 0.500. The first-order chi connectivity index (χ1) is 7.83. The third kappa shape index (κ3) is 2.58. The van der Waals surface area contributed by atoms with Gasteiger partial charge in [-0.2, -0.15) is 0 Å². The fourth-order valence-corrected chi connectivity index (χ4v) is 3.76. The Morgan fingerprint density at radius 2 is 2.25 bits per heavy atom. The highest BCUT2D eigenvalue weighted by Crippen LogP contribution is 2.35. The van der Waals surface area contributed by atoms with E-state index < -0.39 is 10.8 Å². The van der Waals surface area contributed by atoms with E-state index in [0.717, 1.165) is 24.2 Å². The van der Waals surface area contributed by atoms with Gasteiger partial charge in [-0.3, -0.25) is 4.21 Å². The Labute approximate surface area is 103 Å². The number of rotatable bonds is 4. The molecule has 0 fully saturated rings. The van der Waals surface area contributed by atoms with E-state index in [2.05, 4.69) is 0 Å². The molecule has 88 valence electrons. The van der Waals surface area contributed by atoms with Gasteiger partial charge in [-0.15, -0.1) is 11.6 Å². The second-order valence-electron chi connectivity index (χ2n) is 3.79. The zero-order chi connectivity index (χ0) is 11.4. The van der Waals surface area contributed by atoms with Crippen molar-refractivity contribution in [1.82, 2.24) is 0 Å². The predicted octanol–water partition coefficient (Wildman–Crippen LogP) is 2.89. The summed E-state index contributed by atoms with van der Waals surface area (Å²) in [6.07, 6.45) is 1.65. The van der Waals surface area contributed by atoms with Crippen LogP contribution in [-0.2, 0) is 10.8 Å². The number of halogens is 1. The van der Waals surface area contributed by atoms with Crippen molar-refractivity contribution in [3.8, 4) is 5.75 Å². The van der Waals surface area contributed by atoms with Gasteiger partial charge in [0, 0.05) is 28.0 Å².